The van der Waals surface area contributed by atoms with Crippen LogP contribution in [0.15, 0.2) is 11.8 Å². The van der Waals surface area contributed by atoms with E-state index < -0.39 is 20.5 Å². The molecule has 0 fully saturated rings. The Balaban J connectivity index is 4.57. The SMILES string of the molecule is COP(=O)(OC)O/C(C)=C/C(=O)N(C)CO. The molecule has 0 aromatic carbocycles. The van der Waals surface area contributed by atoms with Crippen LogP contribution in [-0.2, 0) is 22.9 Å². The van der Waals surface area contributed by atoms with Crippen molar-refractivity contribution in [2.45, 2.75) is 6.92 Å². The summed E-state index contributed by atoms with van der Waals surface area (Å²) in [5, 5.41) is 8.67. The first-order valence-corrected chi connectivity index (χ1v) is 5.80. The molecule has 7 nitrogen and oxygen atoms in total. The standard InChI is InChI=1S/C8H16NO6P/c1-7(5-8(11)9(2)6-10)15-16(12,13-3)14-4/h5,10H,6H2,1-4H3/b7-5+. The fraction of sp³-hybridized carbons (Fsp3) is 0.625. The number of carbonyl (C=O) groups excluding carboxylic acids is 1. The molecule has 0 aliphatic carbocycles. The second kappa shape index (κ2) is 6.65. The Morgan fingerprint density at radius 2 is 1.94 bits per heavy atom. The number of aliphatic hydroxyl groups is 1. The average molecular weight is 253 g/mol. The number of hydrogen-bond acceptors (Lipinski definition) is 6. The number of carbonyl (C=O) groups is 1. The van der Waals surface area contributed by atoms with Crippen molar-refractivity contribution in [1.82, 2.24) is 4.90 Å². The third kappa shape index (κ3) is 4.76. The van der Waals surface area contributed by atoms with E-state index in [4.69, 9.17) is 9.63 Å². The van der Waals surface area contributed by atoms with Gasteiger partial charge in [-0.1, -0.05) is 0 Å². The average Bonchev–Trinajstić information content (AvgIpc) is 2.27. The normalized spacial score (nSPS) is 12.4. The lowest BCUT2D eigenvalue weighted by atomic mass is 10.4. The molecular formula is C8H16NO6P. The Bertz CT molecular complexity index is 308. The number of phosphoric ester groups is 1. The summed E-state index contributed by atoms with van der Waals surface area (Å²) < 4.78 is 25.4. The first kappa shape index (κ1) is 15.1. The van der Waals surface area contributed by atoms with Gasteiger partial charge in [-0.3, -0.25) is 13.8 Å². The van der Waals surface area contributed by atoms with Crippen LogP contribution in [0.1, 0.15) is 6.92 Å². The number of phosphoric acid groups is 1. The van der Waals surface area contributed by atoms with Crippen LogP contribution in [0.3, 0.4) is 0 Å². The van der Waals surface area contributed by atoms with E-state index in [9.17, 15) is 9.36 Å². The van der Waals surface area contributed by atoms with Crippen LogP contribution in [0.4, 0.5) is 0 Å². The van der Waals surface area contributed by atoms with Crippen LogP contribution in [-0.4, -0.2) is 43.9 Å². The maximum absolute atomic E-state index is 11.5. The van der Waals surface area contributed by atoms with E-state index in [0.29, 0.717) is 0 Å². The molecule has 0 saturated carbocycles. The van der Waals surface area contributed by atoms with Crippen LogP contribution >= 0.6 is 7.82 Å². The zero-order valence-corrected chi connectivity index (χ0v) is 10.6. The van der Waals surface area contributed by atoms with Gasteiger partial charge in [0.25, 0.3) is 5.91 Å². The highest BCUT2D eigenvalue weighted by atomic mass is 31.2. The lowest BCUT2D eigenvalue weighted by molar-refractivity contribution is -0.127. The summed E-state index contributed by atoms with van der Waals surface area (Å²) in [5.74, 6) is -0.420. The van der Waals surface area contributed by atoms with Crippen molar-refractivity contribution in [2.24, 2.45) is 0 Å². The molecule has 1 amide bonds. The van der Waals surface area contributed by atoms with Crippen molar-refractivity contribution in [1.29, 1.82) is 0 Å². The van der Waals surface area contributed by atoms with Crippen molar-refractivity contribution >= 4 is 13.7 Å². The molecule has 0 rings (SSSR count). The Morgan fingerprint density at radius 3 is 2.31 bits per heavy atom. The molecule has 0 saturated heterocycles. The zero-order valence-electron chi connectivity index (χ0n) is 9.67. The summed E-state index contributed by atoms with van der Waals surface area (Å²) in [6.07, 6.45) is 1.07. The molecule has 0 aliphatic rings. The highest BCUT2D eigenvalue weighted by molar-refractivity contribution is 7.48. The molecular weight excluding hydrogens is 237 g/mol. The number of hydrogen-bond donors (Lipinski definition) is 1. The maximum Gasteiger partial charge on any atom is 0.529 e. The minimum absolute atomic E-state index is 0.0670. The Morgan fingerprint density at radius 1 is 1.44 bits per heavy atom. The predicted molar refractivity (Wildman–Crippen MR) is 56.3 cm³/mol. The van der Waals surface area contributed by atoms with Crippen molar-refractivity contribution in [3.63, 3.8) is 0 Å². The van der Waals surface area contributed by atoms with Gasteiger partial charge in [0.15, 0.2) is 0 Å². The van der Waals surface area contributed by atoms with Gasteiger partial charge in [-0.05, 0) is 6.92 Å². The van der Waals surface area contributed by atoms with Gasteiger partial charge in [0.05, 0.1) is 0 Å². The third-order valence-corrected chi connectivity index (χ3v) is 3.02. The van der Waals surface area contributed by atoms with Gasteiger partial charge >= 0.3 is 7.82 Å². The Labute approximate surface area is 94.2 Å². The number of rotatable bonds is 6. The summed E-state index contributed by atoms with van der Waals surface area (Å²) in [5.41, 5.74) is 0. The van der Waals surface area contributed by atoms with Crippen molar-refractivity contribution in [2.75, 3.05) is 28.0 Å². The van der Waals surface area contributed by atoms with Crippen molar-refractivity contribution in [3.05, 3.63) is 11.8 Å². The lowest BCUT2D eigenvalue weighted by Crippen LogP contribution is -2.25. The van der Waals surface area contributed by atoms with Gasteiger partial charge in [-0.15, -0.1) is 0 Å². The predicted octanol–water partition coefficient (Wildman–Crippen LogP) is 0.716. The van der Waals surface area contributed by atoms with Crippen LogP contribution in [0, 0.1) is 0 Å². The number of allylic oxidation sites excluding steroid dienone is 1. The number of amides is 1. The molecule has 0 bridgehead atoms. The molecule has 0 unspecified atom stereocenters. The van der Waals surface area contributed by atoms with E-state index in [0.717, 1.165) is 11.0 Å². The molecule has 1 N–H and O–H groups in total. The van der Waals surface area contributed by atoms with Crippen LogP contribution in [0.25, 0.3) is 0 Å². The highest BCUT2D eigenvalue weighted by Gasteiger charge is 2.24. The summed E-state index contributed by atoms with van der Waals surface area (Å²) in [6.45, 7) is 1.00. The number of aliphatic hydroxyl groups excluding tert-OH is 1. The molecule has 0 aromatic heterocycles. The minimum Gasteiger partial charge on any atom is -0.409 e. The maximum atomic E-state index is 11.5. The van der Waals surface area contributed by atoms with E-state index in [2.05, 4.69) is 9.05 Å². The summed E-state index contributed by atoms with van der Waals surface area (Å²) in [4.78, 5) is 12.3. The fourth-order valence-electron chi connectivity index (χ4n) is 0.706. The molecule has 0 radical (unpaired) electrons. The number of nitrogens with zero attached hydrogens (tertiary/aromatic N) is 1. The van der Waals surface area contributed by atoms with Gasteiger partial charge < -0.3 is 14.5 Å². The van der Waals surface area contributed by atoms with Gasteiger partial charge in [0.1, 0.15) is 12.5 Å². The lowest BCUT2D eigenvalue weighted by Gasteiger charge is -2.15. The molecule has 8 heteroatoms. The van der Waals surface area contributed by atoms with E-state index in [1.807, 2.05) is 0 Å². The molecule has 16 heavy (non-hydrogen) atoms. The first-order chi connectivity index (χ1) is 7.38. The monoisotopic (exact) mass is 253 g/mol. The molecule has 0 spiro atoms. The fourth-order valence-corrected chi connectivity index (χ4v) is 1.41. The largest absolute Gasteiger partial charge is 0.529 e. The van der Waals surface area contributed by atoms with Crippen molar-refractivity contribution < 1.29 is 28.0 Å². The molecule has 0 heterocycles. The van der Waals surface area contributed by atoms with E-state index in [-0.39, 0.29) is 5.76 Å². The second-order valence-electron chi connectivity index (χ2n) is 2.84. The van der Waals surface area contributed by atoms with Crippen LogP contribution < -0.4 is 0 Å². The Hall–Kier alpha value is -0.880. The second-order valence-corrected chi connectivity index (χ2v) is 4.64. The highest BCUT2D eigenvalue weighted by Crippen LogP contribution is 2.49. The van der Waals surface area contributed by atoms with Gasteiger partial charge in [0.2, 0.25) is 0 Å². The third-order valence-electron chi connectivity index (χ3n) is 1.62. The van der Waals surface area contributed by atoms with Gasteiger partial charge in [0, 0.05) is 27.3 Å². The summed E-state index contributed by atoms with van der Waals surface area (Å²) in [7, 11) is 0.0992. The molecule has 0 atom stereocenters. The summed E-state index contributed by atoms with van der Waals surface area (Å²) in [6, 6.07) is 0. The number of likely N-dealkylation sites (N-methyl/N-ethyl adjacent to an activating group) is 1. The molecule has 0 aromatic rings. The van der Waals surface area contributed by atoms with E-state index >= 15 is 0 Å². The van der Waals surface area contributed by atoms with Crippen LogP contribution in [0.5, 0.6) is 0 Å². The topological polar surface area (TPSA) is 85.3 Å². The molecule has 94 valence electrons. The van der Waals surface area contributed by atoms with Crippen LogP contribution in [0.2, 0.25) is 0 Å². The summed E-state index contributed by atoms with van der Waals surface area (Å²) >= 11 is 0. The Kier molecular flexibility index (Phi) is 6.28. The minimum atomic E-state index is -3.63. The van der Waals surface area contributed by atoms with E-state index in [1.54, 1.807) is 0 Å². The zero-order chi connectivity index (χ0) is 12.8. The van der Waals surface area contributed by atoms with Gasteiger partial charge in [-0.2, -0.15) is 0 Å². The van der Waals surface area contributed by atoms with Crippen molar-refractivity contribution in [3.8, 4) is 0 Å². The molecule has 0 aliphatic heterocycles. The van der Waals surface area contributed by atoms with Gasteiger partial charge in [-0.25, -0.2) is 4.57 Å². The first-order valence-electron chi connectivity index (χ1n) is 4.34. The smallest absolute Gasteiger partial charge is 0.409 e. The quantitative estimate of drug-likeness (QED) is 0.325. The van der Waals surface area contributed by atoms with E-state index in [1.165, 1.54) is 28.2 Å².